The van der Waals surface area contributed by atoms with Crippen molar-refractivity contribution in [3.8, 4) is 5.75 Å². The molecule has 1 aliphatic heterocycles. The van der Waals surface area contributed by atoms with Crippen molar-refractivity contribution in [2.45, 2.75) is 18.9 Å². The minimum absolute atomic E-state index is 0.200. The van der Waals surface area contributed by atoms with Crippen LogP contribution in [-0.4, -0.2) is 23.6 Å². The number of benzene rings is 1. The summed E-state index contributed by atoms with van der Waals surface area (Å²) in [6.07, 6.45) is 4.59. The molecular weight excluding hydrogens is 270 g/mol. The number of rotatable bonds is 3. The van der Waals surface area contributed by atoms with Crippen LogP contribution in [0.5, 0.6) is 5.75 Å². The second-order valence-electron chi connectivity index (χ2n) is 5.40. The van der Waals surface area contributed by atoms with Gasteiger partial charge < -0.3 is 15.2 Å². The lowest BCUT2D eigenvalue weighted by Gasteiger charge is -2.25. The third kappa shape index (κ3) is 2.63. The van der Waals surface area contributed by atoms with Gasteiger partial charge in [-0.3, -0.25) is 9.59 Å². The van der Waals surface area contributed by atoms with Gasteiger partial charge in [-0.2, -0.15) is 0 Å². The molecule has 0 saturated carbocycles. The van der Waals surface area contributed by atoms with Crippen LogP contribution < -0.4 is 10.1 Å². The van der Waals surface area contributed by atoms with Crippen LogP contribution in [0.4, 0.5) is 0 Å². The minimum Gasteiger partial charge on any atom is -0.491 e. The van der Waals surface area contributed by atoms with Crippen molar-refractivity contribution in [1.29, 1.82) is 0 Å². The molecule has 5 nitrogen and oxygen atoms in total. The van der Waals surface area contributed by atoms with E-state index < -0.39 is 17.8 Å². The van der Waals surface area contributed by atoms with E-state index in [-0.39, 0.29) is 11.9 Å². The first kappa shape index (κ1) is 13.7. The first-order valence-corrected chi connectivity index (χ1v) is 7.06. The van der Waals surface area contributed by atoms with Gasteiger partial charge in [-0.15, -0.1) is 0 Å². The SMILES string of the molecule is O=C(O)[C@H]1CC=CC[C@H]1C(=O)NC1COc2ccccc21. The minimum atomic E-state index is -0.914. The van der Waals surface area contributed by atoms with Gasteiger partial charge in [-0.25, -0.2) is 0 Å². The molecule has 2 aliphatic rings. The quantitative estimate of drug-likeness (QED) is 0.833. The smallest absolute Gasteiger partial charge is 0.307 e. The average Bonchev–Trinajstić information content (AvgIpc) is 2.90. The van der Waals surface area contributed by atoms with Crippen molar-refractivity contribution in [3.05, 3.63) is 42.0 Å². The molecule has 0 spiro atoms. The maximum atomic E-state index is 12.4. The Labute approximate surface area is 122 Å². The molecule has 1 aromatic rings. The van der Waals surface area contributed by atoms with E-state index in [9.17, 15) is 14.7 Å². The Morgan fingerprint density at radius 2 is 1.86 bits per heavy atom. The number of hydrogen-bond acceptors (Lipinski definition) is 3. The van der Waals surface area contributed by atoms with Crippen molar-refractivity contribution in [2.75, 3.05) is 6.61 Å². The molecule has 3 rings (SSSR count). The van der Waals surface area contributed by atoms with E-state index >= 15 is 0 Å². The van der Waals surface area contributed by atoms with Crippen molar-refractivity contribution in [2.24, 2.45) is 11.8 Å². The highest BCUT2D eigenvalue weighted by Gasteiger charge is 2.36. The lowest BCUT2D eigenvalue weighted by Crippen LogP contribution is -2.40. The zero-order chi connectivity index (χ0) is 14.8. The molecule has 3 atom stereocenters. The molecule has 21 heavy (non-hydrogen) atoms. The van der Waals surface area contributed by atoms with E-state index in [4.69, 9.17) is 4.74 Å². The largest absolute Gasteiger partial charge is 0.491 e. The van der Waals surface area contributed by atoms with Gasteiger partial charge in [-0.05, 0) is 18.9 Å². The molecule has 5 heteroatoms. The van der Waals surface area contributed by atoms with Crippen LogP contribution in [0.2, 0.25) is 0 Å². The molecule has 1 amide bonds. The molecule has 1 heterocycles. The number of nitrogens with one attached hydrogen (secondary N) is 1. The van der Waals surface area contributed by atoms with Crippen molar-refractivity contribution >= 4 is 11.9 Å². The van der Waals surface area contributed by atoms with Gasteiger partial charge in [-0.1, -0.05) is 30.4 Å². The molecule has 0 bridgehead atoms. The fourth-order valence-electron chi connectivity index (χ4n) is 2.94. The number of amides is 1. The third-order valence-corrected chi connectivity index (χ3v) is 4.10. The average molecular weight is 287 g/mol. The molecule has 0 saturated heterocycles. The molecule has 1 unspecified atom stereocenters. The maximum Gasteiger partial charge on any atom is 0.307 e. The van der Waals surface area contributed by atoms with Crippen molar-refractivity contribution in [1.82, 2.24) is 5.32 Å². The lowest BCUT2D eigenvalue weighted by molar-refractivity contribution is -0.147. The van der Waals surface area contributed by atoms with Crippen molar-refractivity contribution in [3.63, 3.8) is 0 Å². The molecule has 2 N–H and O–H groups in total. The zero-order valence-corrected chi connectivity index (χ0v) is 11.5. The second kappa shape index (κ2) is 5.60. The van der Waals surface area contributed by atoms with Gasteiger partial charge in [0.05, 0.1) is 17.9 Å². The summed E-state index contributed by atoms with van der Waals surface area (Å²) in [5, 5.41) is 12.2. The predicted octanol–water partition coefficient (Wildman–Crippen LogP) is 1.90. The van der Waals surface area contributed by atoms with E-state index in [1.807, 2.05) is 36.4 Å². The molecule has 110 valence electrons. The Kier molecular flexibility index (Phi) is 3.64. The Morgan fingerprint density at radius 1 is 1.14 bits per heavy atom. The van der Waals surface area contributed by atoms with E-state index in [2.05, 4.69) is 5.32 Å². The van der Waals surface area contributed by atoms with E-state index in [0.717, 1.165) is 11.3 Å². The summed E-state index contributed by atoms with van der Waals surface area (Å²) >= 11 is 0. The van der Waals surface area contributed by atoms with E-state index in [1.54, 1.807) is 0 Å². The summed E-state index contributed by atoms with van der Waals surface area (Å²) in [5.74, 6) is -1.51. The highest BCUT2D eigenvalue weighted by Crippen LogP contribution is 2.33. The van der Waals surface area contributed by atoms with Crippen molar-refractivity contribution < 1.29 is 19.4 Å². The molecule has 0 aromatic heterocycles. The van der Waals surface area contributed by atoms with Crippen LogP contribution >= 0.6 is 0 Å². The molecule has 1 aliphatic carbocycles. The lowest BCUT2D eigenvalue weighted by atomic mass is 9.82. The fraction of sp³-hybridized carbons (Fsp3) is 0.375. The topological polar surface area (TPSA) is 75.6 Å². The number of carboxylic acids is 1. The molecule has 1 aromatic carbocycles. The Balaban J connectivity index is 1.72. The second-order valence-corrected chi connectivity index (χ2v) is 5.40. The van der Waals surface area contributed by atoms with Crippen LogP contribution in [0.1, 0.15) is 24.4 Å². The van der Waals surface area contributed by atoms with Crippen LogP contribution in [-0.2, 0) is 9.59 Å². The first-order valence-electron chi connectivity index (χ1n) is 7.06. The summed E-state index contributed by atoms with van der Waals surface area (Å²) in [4.78, 5) is 23.7. The number of carbonyl (C=O) groups excluding carboxylic acids is 1. The highest BCUT2D eigenvalue weighted by atomic mass is 16.5. The number of fused-ring (bicyclic) bond motifs is 1. The number of aliphatic carboxylic acids is 1. The van der Waals surface area contributed by atoms with Crippen LogP contribution in [0.15, 0.2) is 36.4 Å². The van der Waals surface area contributed by atoms with Gasteiger partial charge in [0.15, 0.2) is 0 Å². The number of para-hydroxylation sites is 1. The van der Waals surface area contributed by atoms with E-state index in [1.165, 1.54) is 0 Å². The number of ether oxygens (including phenoxy) is 1. The molecule has 0 radical (unpaired) electrons. The van der Waals surface area contributed by atoms with Gasteiger partial charge in [0.1, 0.15) is 12.4 Å². The predicted molar refractivity (Wildman–Crippen MR) is 75.8 cm³/mol. The maximum absolute atomic E-state index is 12.4. The van der Waals surface area contributed by atoms with Crippen LogP contribution in [0.3, 0.4) is 0 Å². The van der Waals surface area contributed by atoms with Crippen LogP contribution in [0, 0.1) is 11.8 Å². The summed E-state index contributed by atoms with van der Waals surface area (Å²) < 4.78 is 5.53. The Hall–Kier alpha value is -2.30. The number of hydrogen-bond donors (Lipinski definition) is 2. The van der Waals surface area contributed by atoms with Gasteiger partial charge in [0.2, 0.25) is 5.91 Å². The molecular formula is C16H17NO4. The number of allylic oxidation sites excluding steroid dienone is 2. The van der Waals surface area contributed by atoms with Gasteiger partial charge in [0, 0.05) is 5.56 Å². The normalized spacial score (nSPS) is 26.8. The Bertz CT molecular complexity index is 596. The highest BCUT2D eigenvalue weighted by molar-refractivity contribution is 5.85. The number of carboxylic acid groups (broad SMARTS) is 1. The van der Waals surface area contributed by atoms with E-state index in [0.29, 0.717) is 19.4 Å². The monoisotopic (exact) mass is 287 g/mol. The Morgan fingerprint density at radius 3 is 2.62 bits per heavy atom. The van der Waals surface area contributed by atoms with Gasteiger partial charge in [0.25, 0.3) is 0 Å². The first-order chi connectivity index (χ1) is 10.2. The zero-order valence-electron chi connectivity index (χ0n) is 11.5. The third-order valence-electron chi connectivity index (χ3n) is 4.10. The standard InChI is InChI=1S/C16H17NO4/c18-15(10-5-1-2-6-11(10)16(19)20)17-13-9-21-14-8-4-3-7-12(13)14/h1-4,7-8,10-11,13H,5-6,9H2,(H,17,18)(H,19,20)/t10-,11+,13?/m1/s1. The summed E-state index contributed by atoms with van der Waals surface area (Å²) in [6, 6.07) is 7.37. The molecule has 0 fully saturated rings. The number of carbonyl (C=O) groups is 2. The fourth-order valence-corrected chi connectivity index (χ4v) is 2.94. The summed E-state index contributed by atoms with van der Waals surface area (Å²) in [5.41, 5.74) is 0.948. The summed E-state index contributed by atoms with van der Waals surface area (Å²) in [7, 11) is 0. The summed E-state index contributed by atoms with van der Waals surface area (Å²) in [6.45, 7) is 0.394. The van der Waals surface area contributed by atoms with Gasteiger partial charge >= 0.3 is 5.97 Å². The van der Waals surface area contributed by atoms with Crippen LogP contribution in [0.25, 0.3) is 0 Å².